The highest BCUT2D eigenvalue weighted by Crippen LogP contribution is 2.52. The average molecular weight is 614 g/mol. The summed E-state index contributed by atoms with van der Waals surface area (Å²) in [6, 6.07) is 66.8. The van der Waals surface area contributed by atoms with E-state index in [2.05, 4.69) is 187 Å². The fourth-order valence-corrected chi connectivity index (χ4v) is 6.96. The number of para-hydroxylation sites is 1. The highest BCUT2D eigenvalue weighted by atomic mass is 16.5. The lowest BCUT2D eigenvalue weighted by atomic mass is 9.92. The zero-order valence-electron chi connectivity index (χ0n) is 26.3. The van der Waals surface area contributed by atoms with Crippen LogP contribution in [-0.4, -0.2) is 0 Å². The second-order valence-electron chi connectivity index (χ2n) is 12.1. The van der Waals surface area contributed by atoms with E-state index in [9.17, 15) is 0 Å². The van der Waals surface area contributed by atoms with E-state index in [1.807, 2.05) is 6.07 Å². The van der Waals surface area contributed by atoms with Crippen LogP contribution in [0.2, 0.25) is 0 Å². The van der Waals surface area contributed by atoms with Crippen LogP contribution in [0.1, 0.15) is 0 Å². The summed E-state index contributed by atoms with van der Waals surface area (Å²) in [5, 5.41) is 2.19. The largest absolute Gasteiger partial charge is 0.455 e. The molecule has 0 saturated carbocycles. The first-order chi connectivity index (χ1) is 23.8. The molecule has 8 aromatic rings. The van der Waals surface area contributed by atoms with E-state index >= 15 is 0 Å². The molecule has 0 saturated heterocycles. The van der Waals surface area contributed by atoms with E-state index in [0.717, 1.165) is 56.0 Å². The highest BCUT2D eigenvalue weighted by molar-refractivity contribution is 6.08. The van der Waals surface area contributed by atoms with Crippen LogP contribution in [0.15, 0.2) is 188 Å². The van der Waals surface area contributed by atoms with Gasteiger partial charge in [-0.05, 0) is 69.8 Å². The van der Waals surface area contributed by atoms with Crippen LogP contribution in [0, 0.1) is 0 Å². The van der Waals surface area contributed by atoms with Gasteiger partial charge in [0.05, 0.1) is 5.69 Å². The first-order valence-electron chi connectivity index (χ1n) is 16.4. The Morgan fingerprint density at radius 3 is 1.35 bits per heavy atom. The smallest absolute Gasteiger partial charge is 0.143 e. The molecule has 2 nitrogen and oxygen atoms in total. The molecule has 0 fully saturated rings. The lowest BCUT2D eigenvalue weighted by Crippen LogP contribution is -2.11. The Hall–Kier alpha value is -6.38. The summed E-state index contributed by atoms with van der Waals surface area (Å²) in [5.74, 6) is 1.75. The third kappa shape index (κ3) is 4.83. The van der Waals surface area contributed by atoms with Gasteiger partial charge >= 0.3 is 0 Å². The number of hydrogen-bond acceptors (Lipinski definition) is 2. The van der Waals surface area contributed by atoms with E-state index < -0.39 is 0 Å². The van der Waals surface area contributed by atoms with Crippen molar-refractivity contribution in [2.75, 3.05) is 4.90 Å². The van der Waals surface area contributed by atoms with Gasteiger partial charge in [-0.2, -0.15) is 0 Å². The maximum Gasteiger partial charge on any atom is 0.143 e. The quantitative estimate of drug-likeness (QED) is 0.191. The number of anilines is 3. The van der Waals surface area contributed by atoms with Crippen molar-refractivity contribution in [2.24, 2.45) is 0 Å². The van der Waals surface area contributed by atoms with Gasteiger partial charge in [-0.1, -0.05) is 152 Å². The van der Waals surface area contributed by atoms with Crippen molar-refractivity contribution in [1.29, 1.82) is 0 Å². The molecule has 9 rings (SSSR count). The molecule has 0 N–H and O–H groups in total. The van der Waals surface area contributed by atoms with Crippen molar-refractivity contribution in [3.05, 3.63) is 188 Å². The third-order valence-corrected chi connectivity index (χ3v) is 9.29. The second-order valence-corrected chi connectivity index (χ2v) is 12.1. The SMILES string of the molecule is c1ccc(-c2ccc(N(c3ccc(-c4ccccc4)cc3)c3cc4c(c5ccccc35)Oc3ccccc3-c3ccccc3-4)cc2)cc1. The molecule has 0 radical (unpaired) electrons. The normalized spacial score (nSPS) is 11.5. The summed E-state index contributed by atoms with van der Waals surface area (Å²) in [6.45, 7) is 0. The fourth-order valence-electron chi connectivity index (χ4n) is 6.96. The first-order valence-corrected chi connectivity index (χ1v) is 16.4. The predicted octanol–water partition coefficient (Wildman–Crippen LogP) is 13.1. The van der Waals surface area contributed by atoms with Gasteiger partial charge in [0.15, 0.2) is 0 Å². The number of ether oxygens (including phenoxy) is 1. The average Bonchev–Trinajstić information content (AvgIpc) is 3.31. The molecule has 2 heteroatoms. The van der Waals surface area contributed by atoms with Gasteiger partial charge < -0.3 is 9.64 Å². The number of nitrogens with zero attached hydrogens (tertiary/aromatic N) is 1. The maximum absolute atomic E-state index is 6.86. The number of benzene rings is 8. The molecule has 1 aliphatic rings. The van der Waals surface area contributed by atoms with Gasteiger partial charge in [-0.3, -0.25) is 0 Å². The van der Waals surface area contributed by atoms with E-state index in [4.69, 9.17) is 4.74 Å². The number of hydrogen-bond donors (Lipinski definition) is 0. The molecule has 0 aliphatic carbocycles. The lowest BCUT2D eigenvalue weighted by molar-refractivity contribution is 0.493. The Labute approximate surface area is 280 Å². The Bertz CT molecular complexity index is 2310. The molecule has 226 valence electrons. The van der Waals surface area contributed by atoms with Crippen LogP contribution in [-0.2, 0) is 0 Å². The summed E-state index contributed by atoms with van der Waals surface area (Å²) in [5.41, 5.74) is 12.5. The van der Waals surface area contributed by atoms with Crippen molar-refractivity contribution in [1.82, 2.24) is 0 Å². The van der Waals surface area contributed by atoms with Gasteiger partial charge in [0, 0.05) is 33.3 Å². The maximum atomic E-state index is 6.86. The van der Waals surface area contributed by atoms with Crippen LogP contribution in [0.3, 0.4) is 0 Å². The van der Waals surface area contributed by atoms with Crippen molar-refractivity contribution in [3.63, 3.8) is 0 Å². The van der Waals surface area contributed by atoms with E-state index in [0.29, 0.717) is 0 Å². The van der Waals surface area contributed by atoms with Gasteiger partial charge in [0.1, 0.15) is 11.5 Å². The third-order valence-electron chi connectivity index (χ3n) is 9.29. The molecule has 0 unspecified atom stereocenters. The molecule has 0 bridgehead atoms. The Morgan fingerprint density at radius 1 is 0.333 bits per heavy atom. The summed E-state index contributed by atoms with van der Waals surface area (Å²) in [7, 11) is 0. The van der Waals surface area contributed by atoms with Crippen LogP contribution >= 0.6 is 0 Å². The Kier molecular flexibility index (Phi) is 6.84. The summed E-state index contributed by atoms with van der Waals surface area (Å²) in [4.78, 5) is 2.38. The summed E-state index contributed by atoms with van der Waals surface area (Å²) in [6.07, 6.45) is 0. The van der Waals surface area contributed by atoms with Gasteiger partial charge in [0.25, 0.3) is 0 Å². The van der Waals surface area contributed by atoms with Crippen molar-refractivity contribution >= 4 is 27.8 Å². The Balaban J connectivity index is 1.28. The first kappa shape index (κ1) is 27.9. The van der Waals surface area contributed by atoms with Gasteiger partial charge in [-0.15, -0.1) is 0 Å². The zero-order chi connectivity index (χ0) is 31.9. The topological polar surface area (TPSA) is 12.5 Å². The van der Waals surface area contributed by atoms with Crippen LogP contribution in [0.4, 0.5) is 17.1 Å². The molecule has 8 aromatic carbocycles. The van der Waals surface area contributed by atoms with Crippen molar-refractivity contribution in [3.8, 4) is 56.0 Å². The van der Waals surface area contributed by atoms with Crippen LogP contribution in [0.25, 0.3) is 55.3 Å². The molecule has 0 aromatic heterocycles. The molecule has 0 spiro atoms. The van der Waals surface area contributed by atoms with E-state index in [1.54, 1.807) is 0 Å². The van der Waals surface area contributed by atoms with E-state index in [1.165, 1.54) is 27.8 Å². The Morgan fingerprint density at radius 2 is 0.771 bits per heavy atom. The monoisotopic (exact) mass is 613 g/mol. The molecular weight excluding hydrogens is 583 g/mol. The van der Waals surface area contributed by atoms with Crippen molar-refractivity contribution in [2.45, 2.75) is 0 Å². The molecule has 0 amide bonds. The minimum Gasteiger partial charge on any atom is -0.455 e. The second kappa shape index (κ2) is 11.8. The molecule has 1 aliphatic heterocycles. The van der Waals surface area contributed by atoms with E-state index in [-0.39, 0.29) is 0 Å². The molecule has 48 heavy (non-hydrogen) atoms. The number of fused-ring (bicyclic) bond motifs is 7. The fraction of sp³-hybridized carbons (Fsp3) is 0. The van der Waals surface area contributed by atoms with Gasteiger partial charge in [-0.25, -0.2) is 0 Å². The summed E-state index contributed by atoms with van der Waals surface area (Å²) < 4.78 is 6.86. The molecule has 0 atom stereocenters. The summed E-state index contributed by atoms with van der Waals surface area (Å²) >= 11 is 0. The minimum absolute atomic E-state index is 0.867. The van der Waals surface area contributed by atoms with Crippen LogP contribution < -0.4 is 9.64 Å². The predicted molar refractivity (Wildman–Crippen MR) is 200 cm³/mol. The minimum atomic E-state index is 0.867. The van der Waals surface area contributed by atoms with Crippen LogP contribution in [0.5, 0.6) is 11.5 Å². The lowest BCUT2D eigenvalue weighted by Gasteiger charge is -2.29. The number of rotatable bonds is 5. The van der Waals surface area contributed by atoms with Gasteiger partial charge in [0.2, 0.25) is 0 Å². The molecular formula is C46H31NO. The zero-order valence-corrected chi connectivity index (χ0v) is 26.3. The molecule has 1 heterocycles. The van der Waals surface area contributed by atoms with Crippen molar-refractivity contribution < 1.29 is 4.74 Å². The standard InChI is InChI=1S/C46H31NO/c1-3-13-32(14-4-1)34-23-27-36(28-24-34)47(37-29-25-35(26-30-37)33-15-5-2-6-16-33)44-31-43-39-18-8-7-17-38(39)41-20-11-12-22-45(41)48-46(43)42-21-10-9-19-40(42)44/h1-31H. The highest BCUT2D eigenvalue weighted by Gasteiger charge is 2.26.